The fourth-order valence-electron chi connectivity index (χ4n) is 1.69. The fraction of sp³-hybridized carbons (Fsp3) is 0.364. The van der Waals surface area contributed by atoms with Gasteiger partial charge in [0.05, 0.1) is 18.3 Å². The van der Waals surface area contributed by atoms with Crippen LogP contribution in [0.4, 0.5) is 0 Å². The lowest BCUT2D eigenvalue weighted by molar-refractivity contribution is 0.415. The number of methoxy groups -OCH3 is 1. The zero-order valence-electron chi connectivity index (χ0n) is 8.74. The van der Waals surface area contributed by atoms with Gasteiger partial charge in [-0.05, 0) is 26.0 Å². The summed E-state index contributed by atoms with van der Waals surface area (Å²) in [6, 6.07) is 6.05. The van der Waals surface area contributed by atoms with Gasteiger partial charge < -0.3 is 4.74 Å². The molecule has 2 aromatic rings. The molecule has 0 N–H and O–H groups in total. The third-order valence-electron chi connectivity index (χ3n) is 2.44. The number of rotatable bonds is 2. The van der Waals surface area contributed by atoms with E-state index in [0.29, 0.717) is 0 Å². The van der Waals surface area contributed by atoms with Gasteiger partial charge in [-0.1, -0.05) is 0 Å². The Kier molecular flexibility index (Phi) is 2.15. The molecule has 0 spiro atoms. The van der Waals surface area contributed by atoms with Crippen LogP contribution in [0.5, 0.6) is 5.75 Å². The molecule has 0 aliphatic heterocycles. The number of nitrogens with zero attached hydrogens (tertiary/aromatic N) is 2. The van der Waals surface area contributed by atoms with Crippen LogP contribution in [0.2, 0.25) is 0 Å². The van der Waals surface area contributed by atoms with Gasteiger partial charge in [0, 0.05) is 18.0 Å². The van der Waals surface area contributed by atoms with Gasteiger partial charge in [0.15, 0.2) is 0 Å². The molecule has 0 atom stereocenters. The number of ether oxygens (including phenoxy) is 1. The van der Waals surface area contributed by atoms with E-state index < -0.39 is 0 Å². The Bertz CT molecular complexity index is 460. The molecule has 14 heavy (non-hydrogen) atoms. The Labute approximate surface area is 83.3 Å². The molecule has 0 radical (unpaired) electrons. The summed E-state index contributed by atoms with van der Waals surface area (Å²) in [5.41, 5.74) is 2.22. The highest BCUT2D eigenvalue weighted by atomic mass is 16.5. The van der Waals surface area contributed by atoms with Crippen molar-refractivity contribution in [2.45, 2.75) is 20.4 Å². The smallest absolute Gasteiger partial charge is 0.121 e. The van der Waals surface area contributed by atoms with Crippen LogP contribution in [0.25, 0.3) is 10.9 Å². The van der Waals surface area contributed by atoms with Crippen molar-refractivity contribution in [1.29, 1.82) is 0 Å². The molecule has 0 aliphatic rings. The number of benzene rings is 1. The maximum absolute atomic E-state index is 5.19. The highest BCUT2D eigenvalue weighted by Gasteiger charge is 2.06. The average molecular weight is 190 g/mol. The molecule has 0 saturated heterocycles. The maximum Gasteiger partial charge on any atom is 0.121 e. The van der Waals surface area contributed by atoms with Crippen LogP contribution >= 0.6 is 0 Å². The molecule has 0 unspecified atom stereocenters. The molecule has 3 heteroatoms. The molecule has 0 bridgehead atoms. The van der Waals surface area contributed by atoms with Gasteiger partial charge in [0.25, 0.3) is 0 Å². The molecular weight excluding hydrogens is 176 g/mol. The van der Waals surface area contributed by atoms with Crippen LogP contribution in [-0.4, -0.2) is 16.9 Å². The minimum absolute atomic E-state index is 0.882. The second-order valence-corrected chi connectivity index (χ2v) is 3.28. The van der Waals surface area contributed by atoms with Gasteiger partial charge in [-0.2, -0.15) is 5.10 Å². The van der Waals surface area contributed by atoms with E-state index in [1.54, 1.807) is 7.11 Å². The van der Waals surface area contributed by atoms with Crippen molar-refractivity contribution in [3.8, 4) is 5.75 Å². The van der Waals surface area contributed by atoms with Gasteiger partial charge in [0.1, 0.15) is 5.75 Å². The number of hydrogen-bond donors (Lipinski definition) is 0. The first-order valence-corrected chi connectivity index (χ1v) is 4.77. The van der Waals surface area contributed by atoms with Crippen molar-refractivity contribution >= 4 is 10.9 Å². The molecule has 1 aromatic heterocycles. The largest absolute Gasteiger partial charge is 0.497 e. The standard InChI is InChI=1S/C11H14N2O/c1-4-13-11-7-9(14-3)5-6-10(11)8(2)12-13/h5-7H,4H2,1-3H3. The Hall–Kier alpha value is -1.51. The van der Waals surface area contributed by atoms with E-state index in [1.807, 2.05) is 23.7 Å². The van der Waals surface area contributed by atoms with Crippen LogP contribution in [-0.2, 0) is 6.54 Å². The third-order valence-corrected chi connectivity index (χ3v) is 2.44. The summed E-state index contributed by atoms with van der Waals surface area (Å²) in [7, 11) is 1.68. The van der Waals surface area contributed by atoms with Crippen LogP contribution in [0.3, 0.4) is 0 Å². The molecule has 0 fully saturated rings. The number of aryl methyl sites for hydroxylation is 2. The SMILES string of the molecule is CCn1nc(C)c2ccc(OC)cc21. The summed E-state index contributed by atoms with van der Waals surface area (Å²) < 4.78 is 7.18. The van der Waals surface area contributed by atoms with Gasteiger partial charge in [-0.15, -0.1) is 0 Å². The Balaban J connectivity index is 2.71. The van der Waals surface area contributed by atoms with Crippen LogP contribution in [0.1, 0.15) is 12.6 Å². The molecule has 0 aliphatic carbocycles. The Morgan fingerprint density at radius 2 is 2.21 bits per heavy atom. The van der Waals surface area contributed by atoms with Crippen molar-refractivity contribution in [2.24, 2.45) is 0 Å². The Morgan fingerprint density at radius 1 is 1.43 bits per heavy atom. The average Bonchev–Trinajstić information content (AvgIpc) is 2.55. The van der Waals surface area contributed by atoms with Crippen molar-refractivity contribution in [1.82, 2.24) is 9.78 Å². The lowest BCUT2D eigenvalue weighted by Crippen LogP contribution is -1.96. The zero-order chi connectivity index (χ0) is 10.1. The van der Waals surface area contributed by atoms with Gasteiger partial charge >= 0.3 is 0 Å². The molecule has 2 rings (SSSR count). The second-order valence-electron chi connectivity index (χ2n) is 3.28. The van der Waals surface area contributed by atoms with E-state index in [4.69, 9.17) is 4.74 Å². The van der Waals surface area contributed by atoms with Gasteiger partial charge in [-0.25, -0.2) is 0 Å². The highest BCUT2D eigenvalue weighted by molar-refractivity contribution is 5.83. The van der Waals surface area contributed by atoms with Crippen molar-refractivity contribution in [3.05, 3.63) is 23.9 Å². The monoisotopic (exact) mass is 190 g/mol. The first-order valence-electron chi connectivity index (χ1n) is 4.77. The predicted molar refractivity (Wildman–Crippen MR) is 56.7 cm³/mol. The van der Waals surface area contributed by atoms with E-state index >= 15 is 0 Å². The second kappa shape index (κ2) is 3.33. The van der Waals surface area contributed by atoms with Crippen molar-refractivity contribution < 1.29 is 4.74 Å². The van der Waals surface area contributed by atoms with Crippen LogP contribution in [0, 0.1) is 6.92 Å². The van der Waals surface area contributed by atoms with E-state index in [2.05, 4.69) is 18.1 Å². The topological polar surface area (TPSA) is 27.1 Å². The lowest BCUT2D eigenvalue weighted by atomic mass is 10.2. The number of aromatic nitrogens is 2. The van der Waals surface area contributed by atoms with E-state index in [1.165, 1.54) is 5.39 Å². The Morgan fingerprint density at radius 3 is 2.86 bits per heavy atom. The maximum atomic E-state index is 5.19. The van der Waals surface area contributed by atoms with E-state index in [-0.39, 0.29) is 0 Å². The molecule has 0 amide bonds. The lowest BCUT2D eigenvalue weighted by Gasteiger charge is -2.01. The minimum Gasteiger partial charge on any atom is -0.497 e. The van der Waals surface area contributed by atoms with Crippen molar-refractivity contribution in [2.75, 3.05) is 7.11 Å². The zero-order valence-corrected chi connectivity index (χ0v) is 8.74. The summed E-state index contributed by atoms with van der Waals surface area (Å²) in [4.78, 5) is 0. The minimum atomic E-state index is 0.882. The molecule has 0 saturated carbocycles. The van der Waals surface area contributed by atoms with Crippen LogP contribution in [0.15, 0.2) is 18.2 Å². The van der Waals surface area contributed by atoms with Crippen molar-refractivity contribution in [3.63, 3.8) is 0 Å². The summed E-state index contributed by atoms with van der Waals surface area (Å²) in [5, 5.41) is 5.65. The first kappa shape index (κ1) is 9.06. The van der Waals surface area contributed by atoms with Gasteiger partial charge in [0.2, 0.25) is 0 Å². The quantitative estimate of drug-likeness (QED) is 0.727. The molecule has 3 nitrogen and oxygen atoms in total. The molecule has 1 aromatic carbocycles. The summed E-state index contributed by atoms with van der Waals surface area (Å²) in [5.74, 6) is 0.882. The first-order chi connectivity index (χ1) is 6.76. The molecule has 1 heterocycles. The molecular formula is C11H14N2O. The summed E-state index contributed by atoms with van der Waals surface area (Å²) in [6.07, 6.45) is 0. The fourth-order valence-corrected chi connectivity index (χ4v) is 1.69. The van der Waals surface area contributed by atoms with E-state index in [9.17, 15) is 0 Å². The van der Waals surface area contributed by atoms with Crippen LogP contribution < -0.4 is 4.74 Å². The number of fused-ring (bicyclic) bond motifs is 1. The summed E-state index contributed by atoms with van der Waals surface area (Å²) in [6.45, 7) is 5.00. The summed E-state index contributed by atoms with van der Waals surface area (Å²) >= 11 is 0. The van der Waals surface area contributed by atoms with Gasteiger partial charge in [-0.3, -0.25) is 4.68 Å². The normalized spacial score (nSPS) is 10.8. The van der Waals surface area contributed by atoms with E-state index in [0.717, 1.165) is 23.5 Å². The number of hydrogen-bond acceptors (Lipinski definition) is 2. The highest BCUT2D eigenvalue weighted by Crippen LogP contribution is 2.23. The molecule has 74 valence electrons. The third kappa shape index (κ3) is 1.25. The predicted octanol–water partition coefficient (Wildman–Crippen LogP) is 2.37.